The molecule has 4 rings (SSSR count). The predicted molar refractivity (Wildman–Crippen MR) is 110 cm³/mol. The first-order chi connectivity index (χ1) is 14.5. The van der Waals surface area contributed by atoms with Crippen molar-refractivity contribution in [3.8, 4) is 17.0 Å². The van der Waals surface area contributed by atoms with Gasteiger partial charge in [0.2, 0.25) is 0 Å². The number of benzene rings is 1. The monoisotopic (exact) mass is 418 g/mol. The van der Waals surface area contributed by atoms with Crippen LogP contribution in [0.3, 0.4) is 0 Å². The van der Waals surface area contributed by atoms with Gasteiger partial charge in [0.1, 0.15) is 11.4 Å². The van der Waals surface area contributed by atoms with Crippen molar-refractivity contribution < 1.29 is 17.9 Å². The number of rotatable bonds is 5. The number of aromatic nitrogens is 2. The van der Waals surface area contributed by atoms with Gasteiger partial charge in [0.05, 0.1) is 23.6 Å². The third-order valence-electron chi connectivity index (χ3n) is 5.29. The van der Waals surface area contributed by atoms with Crippen LogP contribution in [0.15, 0.2) is 42.6 Å². The van der Waals surface area contributed by atoms with Crippen LogP contribution in [0.2, 0.25) is 0 Å². The molecule has 5 nitrogen and oxygen atoms in total. The van der Waals surface area contributed by atoms with Gasteiger partial charge in [0, 0.05) is 31.4 Å². The van der Waals surface area contributed by atoms with Crippen LogP contribution in [0.5, 0.6) is 5.75 Å². The molecule has 0 aliphatic carbocycles. The molecule has 3 aromatic rings. The van der Waals surface area contributed by atoms with Crippen LogP contribution in [0.1, 0.15) is 24.6 Å². The van der Waals surface area contributed by atoms with Crippen LogP contribution in [0.4, 0.5) is 13.2 Å². The molecule has 0 unspecified atom stereocenters. The molecule has 1 aliphatic rings. The van der Waals surface area contributed by atoms with Gasteiger partial charge in [-0.05, 0) is 62.8 Å². The maximum absolute atomic E-state index is 13.3. The van der Waals surface area contributed by atoms with Crippen LogP contribution >= 0.6 is 0 Å². The van der Waals surface area contributed by atoms with E-state index in [2.05, 4.69) is 15.2 Å². The van der Waals surface area contributed by atoms with E-state index in [0.717, 1.165) is 61.9 Å². The molecule has 160 valence electrons. The van der Waals surface area contributed by atoms with E-state index in [-0.39, 0.29) is 0 Å². The summed E-state index contributed by atoms with van der Waals surface area (Å²) in [7, 11) is 0. The lowest BCUT2D eigenvalue weighted by molar-refractivity contribution is -0.137. The van der Waals surface area contributed by atoms with Crippen molar-refractivity contribution in [3.63, 3.8) is 0 Å². The number of ether oxygens (including phenoxy) is 1. The molecule has 30 heavy (non-hydrogen) atoms. The minimum absolute atomic E-state index is 0.509. The highest BCUT2D eigenvalue weighted by Gasteiger charge is 2.31. The maximum Gasteiger partial charge on any atom is 0.417 e. The van der Waals surface area contributed by atoms with Crippen molar-refractivity contribution >= 4 is 5.65 Å². The standard InChI is InChI=1S/C22H25F3N4O/c1-2-30-18-7-4-16(5-8-18)21-19(15-28-12-3-10-26-11-13-28)29-14-17(22(23,24)25)6-9-20(29)27-21/h4-9,14,26H,2-3,10-13,15H2,1H3. The average Bonchev–Trinajstić information content (AvgIpc) is 2.88. The van der Waals surface area contributed by atoms with E-state index in [1.807, 2.05) is 31.2 Å². The van der Waals surface area contributed by atoms with Crippen LogP contribution in [-0.2, 0) is 12.7 Å². The second-order valence-electron chi connectivity index (χ2n) is 7.39. The van der Waals surface area contributed by atoms with E-state index in [0.29, 0.717) is 24.5 Å². The van der Waals surface area contributed by atoms with E-state index in [4.69, 9.17) is 4.74 Å². The molecule has 1 N–H and O–H groups in total. The molecule has 1 aromatic carbocycles. The summed E-state index contributed by atoms with van der Waals surface area (Å²) in [5.41, 5.74) is 2.16. The van der Waals surface area contributed by atoms with Crippen molar-refractivity contribution in [2.45, 2.75) is 26.1 Å². The van der Waals surface area contributed by atoms with Crippen LogP contribution < -0.4 is 10.1 Å². The molecule has 0 radical (unpaired) electrons. The third-order valence-corrected chi connectivity index (χ3v) is 5.29. The van der Waals surface area contributed by atoms with Gasteiger partial charge in [0.15, 0.2) is 0 Å². The van der Waals surface area contributed by atoms with Gasteiger partial charge in [-0.15, -0.1) is 0 Å². The molecule has 0 amide bonds. The molecule has 3 heterocycles. The summed E-state index contributed by atoms with van der Waals surface area (Å²) in [6.07, 6.45) is -2.24. The fourth-order valence-corrected chi connectivity index (χ4v) is 3.79. The SMILES string of the molecule is CCOc1ccc(-c2nc3ccc(C(F)(F)F)cn3c2CN2CCCNCC2)cc1. The number of nitrogens with zero attached hydrogens (tertiary/aromatic N) is 3. The summed E-state index contributed by atoms with van der Waals surface area (Å²) in [5, 5.41) is 3.36. The van der Waals surface area contributed by atoms with Crippen LogP contribution in [0.25, 0.3) is 16.9 Å². The predicted octanol–water partition coefficient (Wildman–Crippen LogP) is 4.21. The second-order valence-corrected chi connectivity index (χ2v) is 7.39. The van der Waals surface area contributed by atoms with E-state index in [9.17, 15) is 13.2 Å². The molecule has 0 spiro atoms. The van der Waals surface area contributed by atoms with Crippen LogP contribution in [-0.4, -0.2) is 47.1 Å². The summed E-state index contributed by atoms with van der Waals surface area (Å²) in [4.78, 5) is 6.95. The van der Waals surface area contributed by atoms with Crippen molar-refractivity contribution in [2.24, 2.45) is 0 Å². The third kappa shape index (κ3) is 4.44. The van der Waals surface area contributed by atoms with Gasteiger partial charge in [-0.1, -0.05) is 0 Å². The topological polar surface area (TPSA) is 41.8 Å². The number of imidazole rings is 1. The van der Waals surface area contributed by atoms with E-state index >= 15 is 0 Å². The van der Waals surface area contributed by atoms with Crippen LogP contribution in [0, 0.1) is 0 Å². The summed E-state index contributed by atoms with van der Waals surface area (Å²) in [5.74, 6) is 0.754. The summed E-state index contributed by atoms with van der Waals surface area (Å²) in [6.45, 7) is 6.57. The number of alkyl halides is 3. The zero-order chi connectivity index (χ0) is 21.1. The number of fused-ring (bicyclic) bond motifs is 1. The highest BCUT2D eigenvalue weighted by atomic mass is 19.4. The molecule has 1 aliphatic heterocycles. The Balaban J connectivity index is 1.79. The Morgan fingerprint density at radius 3 is 2.60 bits per heavy atom. The highest BCUT2D eigenvalue weighted by Crippen LogP contribution is 2.32. The Hall–Kier alpha value is -2.58. The maximum atomic E-state index is 13.3. The zero-order valence-corrected chi connectivity index (χ0v) is 16.9. The number of nitrogens with one attached hydrogen (secondary N) is 1. The first-order valence-electron chi connectivity index (χ1n) is 10.2. The first kappa shape index (κ1) is 20.7. The molecule has 0 bridgehead atoms. The zero-order valence-electron chi connectivity index (χ0n) is 16.9. The number of halogens is 3. The van der Waals surface area contributed by atoms with Crippen molar-refractivity contribution in [3.05, 3.63) is 53.9 Å². The Morgan fingerprint density at radius 2 is 1.87 bits per heavy atom. The molecule has 1 fully saturated rings. The summed E-state index contributed by atoms with van der Waals surface area (Å²) >= 11 is 0. The number of hydrogen-bond donors (Lipinski definition) is 1. The number of pyridine rings is 1. The minimum Gasteiger partial charge on any atom is -0.494 e. The van der Waals surface area contributed by atoms with Crippen molar-refractivity contribution in [1.82, 2.24) is 19.6 Å². The smallest absolute Gasteiger partial charge is 0.417 e. The minimum atomic E-state index is -4.40. The fraction of sp³-hybridized carbons (Fsp3) is 0.409. The normalized spacial score (nSPS) is 16.0. The lowest BCUT2D eigenvalue weighted by Gasteiger charge is -2.20. The largest absolute Gasteiger partial charge is 0.494 e. The molecule has 8 heteroatoms. The van der Waals surface area contributed by atoms with E-state index < -0.39 is 11.7 Å². The molecule has 1 saturated heterocycles. The summed E-state index contributed by atoms with van der Waals surface area (Å²) < 4.78 is 47.1. The average molecular weight is 418 g/mol. The quantitative estimate of drug-likeness (QED) is 0.674. The molecule has 0 saturated carbocycles. The van der Waals surface area contributed by atoms with Gasteiger partial charge in [0.25, 0.3) is 0 Å². The number of hydrogen-bond acceptors (Lipinski definition) is 4. The lowest BCUT2D eigenvalue weighted by atomic mass is 10.1. The first-order valence-corrected chi connectivity index (χ1v) is 10.2. The fourth-order valence-electron chi connectivity index (χ4n) is 3.79. The van der Waals surface area contributed by atoms with Gasteiger partial charge >= 0.3 is 6.18 Å². The van der Waals surface area contributed by atoms with Gasteiger partial charge in [-0.2, -0.15) is 13.2 Å². The van der Waals surface area contributed by atoms with Gasteiger partial charge in [-0.3, -0.25) is 4.90 Å². The molecule has 2 aromatic heterocycles. The molecular weight excluding hydrogens is 393 g/mol. The Kier molecular flexibility index (Phi) is 5.97. The molecular formula is C22H25F3N4O. The second kappa shape index (κ2) is 8.65. The lowest BCUT2D eigenvalue weighted by Crippen LogP contribution is -2.28. The van der Waals surface area contributed by atoms with E-state index in [1.54, 1.807) is 4.40 Å². The summed E-state index contributed by atoms with van der Waals surface area (Å²) in [6, 6.07) is 10.1. The van der Waals surface area contributed by atoms with Gasteiger partial charge in [-0.25, -0.2) is 4.98 Å². The van der Waals surface area contributed by atoms with Gasteiger partial charge < -0.3 is 14.5 Å². The Morgan fingerprint density at radius 1 is 1.07 bits per heavy atom. The highest BCUT2D eigenvalue weighted by molar-refractivity contribution is 5.67. The Labute approximate surface area is 173 Å². The Bertz CT molecular complexity index is 990. The van der Waals surface area contributed by atoms with Crippen molar-refractivity contribution in [2.75, 3.05) is 32.8 Å². The molecule has 0 atom stereocenters. The van der Waals surface area contributed by atoms with E-state index in [1.165, 1.54) is 6.07 Å². The van der Waals surface area contributed by atoms with Crippen molar-refractivity contribution in [1.29, 1.82) is 0 Å².